The molecule has 1 aliphatic heterocycles. The predicted octanol–water partition coefficient (Wildman–Crippen LogP) is 3.73. The maximum Gasteiger partial charge on any atom is 0.319 e. The van der Waals surface area contributed by atoms with Crippen molar-refractivity contribution in [1.82, 2.24) is 5.32 Å². The predicted molar refractivity (Wildman–Crippen MR) is 83.7 cm³/mol. The molecule has 23 heavy (non-hydrogen) atoms. The van der Waals surface area contributed by atoms with Gasteiger partial charge in [-0.1, -0.05) is 0 Å². The number of benzene rings is 1. The van der Waals surface area contributed by atoms with Crippen LogP contribution in [0.4, 0.5) is 23.7 Å². The lowest BCUT2D eigenvalue weighted by atomic mass is 10.0. The molecule has 2 amide bonds. The van der Waals surface area contributed by atoms with Crippen molar-refractivity contribution >= 4 is 23.5 Å². The second kappa shape index (κ2) is 9.02. The van der Waals surface area contributed by atoms with Crippen LogP contribution in [0.2, 0.25) is 0 Å². The summed E-state index contributed by atoms with van der Waals surface area (Å²) in [6.45, 7) is 1.88. The van der Waals surface area contributed by atoms with Crippen LogP contribution in [0.15, 0.2) is 23.1 Å². The number of hydrogen-bond donors (Lipinski definition) is 2. The highest BCUT2D eigenvalue weighted by atomic mass is 32.2. The van der Waals surface area contributed by atoms with Crippen molar-refractivity contribution in [2.24, 2.45) is 5.92 Å². The molecule has 0 bridgehead atoms. The molecular weight excluding hydrogens is 329 g/mol. The summed E-state index contributed by atoms with van der Waals surface area (Å²) >= 11 is 0.876. The van der Waals surface area contributed by atoms with E-state index in [1.165, 1.54) is 12.1 Å². The summed E-state index contributed by atoms with van der Waals surface area (Å²) in [5.74, 6) is -0.592. The standard InChI is InChI=1S/C15H19F3N2O2S/c16-11-1-2-13(23-9-14(17)18)12(7-11)20-15(21)19-8-10-3-5-22-6-4-10/h1-2,7,10,14H,3-6,8-9H2,(H2,19,20,21). The zero-order chi connectivity index (χ0) is 16.7. The van der Waals surface area contributed by atoms with E-state index in [-0.39, 0.29) is 5.69 Å². The highest BCUT2D eigenvalue weighted by Gasteiger charge is 2.16. The van der Waals surface area contributed by atoms with Crippen molar-refractivity contribution in [2.75, 3.05) is 30.8 Å². The number of alkyl halides is 2. The van der Waals surface area contributed by atoms with Crippen LogP contribution in [0, 0.1) is 11.7 Å². The molecular formula is C15H19F3N2O2S. The summed E-state index contributed by atoms with van der Waals surface area (Å²) in [4.78, 5) is 12.3. The maximum atomic E-state index is 13.3. The number of hydrogen-bond acceptors (Lipinski definition) is 3. The van der Waals surface area contributed by atoms with Crippen molar-refractivity contribution < 1.29 is 22.7 Å². The highest BCUT2D eigenvalue weighted by Crippen LogP contribution is 2.29. The van der Waals surface area contributed by atoms with Crippen LogP contribution in [0.5, 0.6) is 0 Å². The van der Waals surface area contributed by atoms with Crippen molar-refractivity contribution in [3.63, 3.8) is 0 Å². The van der Waals surface area contributed by atoms with Gasteiger partial charge in [0, 0.05) is 24.7 Å². The molecule has 2 N–H and O–H groups in total. The molecule has 0 unspecified atom stereocenters. The largest absolute Gasteiger partial charge is 0.381 e. The first-order valence-electron chi connectivity index (χ1n) is 7.37. The summed E-state index contributed by atoms with van der Waals surface area (Å²) in [5.41, 5.74) is 0.195. The molecule has 0 aliphatic carbocycles. The van der Waals surface area contributed by atoms with Gasteiger partial charge in [0.25, 0.3) is 0 Å². The van der Waals surface area contributed by atoms with Gasteiger partial charge in [-0.3, -0.25) is 0 Å². The number of amides is 2. The normalized spacial score (nSPS) is 15.7. The Labute approximate surface area is 137 Å². The molecule has 8 heteroatoms. The van der Waals surface area contributed by atoms with Gasteiger partial charge in [0.05, 0.1) is 11.4 Å². The van der Waals surface area contributed by atoms with Gasteiger partial charge < -0.3 is 15.4 Å². The Kier molecular flexibility index (Phi) is 7.04. The van der Waals surface area contributed by atoms with E-state index in [4.69, 9.17) is 4.74 Å². The van der Waals surface area contributed by atoms with E-state index in [1.54, 1.807) is 0 Å². The van der Waals surface area contributed by atoms with E-state index in [0.29, 0.717) is 30.6 Å². The summed E-state index contributed by atoms with van der Waals surface area (Å²) in [6, 6.07) is 3.22. The summed E-state index contributed by atoms with van der Waals surface area (Å²) < 4.78 is 43.2. The third-order valence-electron chi connectivity index (χ3n) is 3.45. The zero-order valence-electron chi connectivity index (χ0n) is 12.5. The Morgan fingerprint density at radius 3 is 2.78 bits per heavy atom. The smallest absolute Gasteiger partial charge is 0.319 e. The Morgan fingerprint density at radius 1 is 1.35 bits per heavy atom. The molecule has 4 nitrogen and oxygen atoms in total. The van der Waals surface area contributed by atoms with Crippen LogP contribution < -0.4 is 10.6 Å². The quantitative estimate of drug-likeness (QED) is 0.770. The number of nitrogens with one attached hydrogen (secondary N) is 2. The Balaban J connectivity index is 1.89. The Bertz CT molecular complexity index is 525. The van der Waals surface area contributed by atoms with E-state index < -0.39 is 24.0 Å². The molecule has 1 aliphatic rings. The van der Waals surface area contributed by atoms with Gasteiger partial charge in [-0.2, -0.15) is 0 Å². The second-order valence-corrected chi connectivity index (χ2v) is 6.30. The number of carbonyl (C=O) groups excluding carboxylic acids is 1. The first-order valence-corrected chi connectivity index (χ1v) is 8.36. The molecule has 1 fully saturated rings. The number of thioether (sulfide) groups is 1. The van der Waals surface area contributed by atoms with Crippen LogP contribution >= 0.6 is 11.8 Å². The van der Waals surface area contributed by atoms with Crippen molar-refractivity contribution in [3.8, 4) is 0 Å². The molecule has 0 radical (unpaired) electrons. The lowest BCUT2D eigenvalue weighted by molar-refractivity contribution is 0.0671. The summed E-state index contributed by atoms with van der Waals surface area (Å²) in [7, 11) is 0. The average molecular weight is 348 g/mol. The average Bonchev–Trinajstić information content (AvgIpc) is 2.53. The highest BCUT2D eigenvalue weighted by molar-refractivity contribution is 7.99. The third kappa shape index (κ3) is 6.31. The molecule has 0 spiro atoms. The van der Waals surface area contributed by atoms with Gasteiger partial charge in [0.2, 0.25) is 6.43 Å². The minimum absolute atomic E-state index is 0.195. The molecule has 1 aromatic rings. The molecule has 2 rings (SSSR count). The Morgan fingerprint density at radius 2 is 2.09 bits per heavy atom. The second-order valence-electron chi connectivity index (χ2n) is 5.23. The van der Waals surface area contributed by atoms with Gasteiger partial charge in [0.15, 0.2) is 0 Å². The third-order valence-corrected chi connectivity index (χ3v) is 4.53. The van der Waals surface area contributed by atoms with E-state index in [0.717, 1.165) is 30.7 Å². The minimum atomic E-state index is -2.47. The number of urea groups is 1. The molecule has 1 saturated heterocycles. The van der Waals surface area contributed by atoms with Crippen LogP contribution in [-0.2, 0) is 4.74 Å². The number of rotatable bonds is 6. The number of halogens is 3. The van der Waals surface area contributed by atoms with Crippen molar-refractivity contribution in [2.45, 2.75) is 24.2 Å². The van der Waals surface area contributed by atoms with Crippen LogP contribution in [-0.4, -0.2) is 38.0 Å². The van der Waals surface area contributed by atoms with Gasteiger partial charge in [0.1, 0.15) is 5.82 Å². The first-order chi connectivity index (χ1) is 11.0. The summed E-state index contributed by atoms with van der Waals surface area (Å²) in [6.07, 6.45) is -0.703. The van der Waals surface area contributed by atoms with E-state index in [2.05, 4.69) is 10.6 Å². The SMILES string of the molecule is O=C(NCC1CCOCC1)Nc1cc(F)ccc1SCC(F)F. The topological polar surface area (TPSA) is 50.4 Å². The fraction of sp³-hybridized carbons (Fsp3) is 0.533. The van der Waals surface area contributed by atoms with Gasteiger partial charge in [-0.15, -0.1) is 11.8 Å². The van der Waals surface area contributed by atoms with Crippen molar-refractivity contribution in [1.29, 1.82) is 0 Å². The fourth-order valence-electron chi connectivity index (χ4n) is 2.23. The van der Waals surface area contributed by atoms with Gasteiger partial charge in [-0.05, 0) is 37.0 Å². The lowest BCUT2D eigenvalue weighted by Gasteiger charge is -2.22. The Hall–Kier alpha value is -1.41. The number of carbonyl (C=O) groups is 1. The molecule has 0 atom stereocenters. The molecule has 1 heterocycles. The van der Waals surface area contributed by atoms with Crippen LogP contribution in [0.1, 0.15) is 12.8 Å². The minimum Gasteiger partial charge on any atom is -0.381 e. The molecule has 0 saturated carbocycles. The zero-order valence-corrected chi connectivity index (χ0v) is 13.3. The van der Waals surface area contributed by atoms with E-state index in [9.17, 15) is 18.0 Å². The van der Waals surface area contributed by atoms with Gasteiger partial charge in [-0.25, -0.2) is 18.0 Å². The van der Waals surface area contributed by atoms with E-state index in [1.807, 2.05) is 0 Å². The van der Waals surface area contributed by atoms with Gasteiger partial charge >= 0.3 is 6.03 Å². The monoisotopic (exact) mass is 348 g/mol. The number of ether oxygens (including phenoxy) is 1. The first kappa shape index (κ1) is 17.9. The lowest BCUT2D eigenvalue weighted by Crippen LogP contribution is -2.35. The maximum absolute atomic E-state index is 13.3. The molecule has 1 aromatic carbocycles. The number of anilines is 1. The van der Waals surface area contributed by atoms with E-state index >= 15 is 0 Å². The van der Waals surface area contributed by atoms with Crippen LogP contribution in [0.3, 0.4) is 0 Å². The van der Waals surface area contributed by atoms with Crippen LogP contribution in [0.25, 0.3) is 0 Å². The fourth-order valence-corrected chi connectivity index (χ4v) is 2.97. The molecule has 128 valence electrons. The van der Waals surface area contributed by atoms with Crippen molar-refractivity contribution in [3.05, 3.63) is 24.0 Å². The molecule has 0 aromatic heterocycles. The summed E-state index contributed by atoms with van der Waals surface area (Å²) in [5, 5.41) is 5.25.